The van der Waals surface area contributed by atoms with Crippen LogP contribution in [0, 0.1) is 5.92 Å². The van der Waals surface area contributed by atoms with Crippen molar-refractivity contribution in [3.63, 3.8) is 0 Å². The molecule has 2 fully saturated rings. The minimum atomic E-state index is -4.80. The highest BCUT2D eigenvalue weighted by molar-refractivity contribution is 5.94. The maximum atomic E-state index is 12.4. The predicted molar refractivity (Wildman–Crippen MR) is 91.2 cm³/mol. The summed E-state index contributed by atoms with van der Waals surface area (Å²) >= 11 is 0. The predicted octanol–water partition coefficient (Wildman–Crippen LogP) is 1.92. The zero-order chi connectivity index (χ0) is 19.4. The van der Waals surface area contributed by atoms with E-state index < -0.39 is 18.0 Å². The quantitative estimate of drug-likeness (QED) is 0.813. The molecule has 0 saturated carbocycles. The Kier molecular flexibility index (Phi) is 5.88. The fraction of sp³-hybridized carbons (Fsp3) is 0.556. The molecule has 0 aromatic heterocycles. The molecule has 0 aliphatic carbocycles. The van der Waals surface area contributed by atoms with Crippen LogP contribution in [0.5, 0.6) is 5.75 Å². The van der Waals surface area contributed by atoms with Crippen molar-refractivity contribution in [2.45, 2.75) is 31.7 Å². The van der Waals surface area contributed by atoms with Crippen molar-refractivity contribution in [3.05, 3.63) is 29.8 Å². The number of carbonyl (C=O) groups excluding carboxylic acids is 2. The largest absolute Gasteiger partial charge is 0.573 e. The van der Waals surface area contributed by atoms with Crippen LogP contribution in [0.15, 0.2) is 24.3 Å². The summed E-state index contributed by atoms with van der Waals surface area (Å²) in [5.74, 6) is -0.704. The Bertz CT molecular complexity index is 690. The summed E-state index contributed by atoms with van der Waals surface area (Å²) in [6.07, 6.45) is -2.10. The van der Waals surface area contributed by atoms with E-state index in [0.29, 0.717) is 19.5 Å². The lowest BCUT2D eigenvalue weighted by molar-refractivity contribution is -0.274. The number of halogens is 3. The van der Waals surface area contributed by atoms with Gasteiger partial charge in [0.25, 0.3) is 5.91 Å². The number of nitrogens with zero attached hydrogens (tertiary/aromatic N) is 1. The van der Waals surface area contributed by atoms with Gasteiger partial charge in [0.1, 0.15) is 5.75 Å². The smallest absolute Gasteiger partial charge is 0.406 e. The summed E-state index contributed by atoms with van der Waals surface area (Å²) in [7, 11) is 0. The van der Waals surface area contributed by atoms with Crippen molar-refractivity contribution in [2.75, 3.05) is 26.2 Å². The van der Waals surface area contributed by atoms with Gasteiger partial charge in [-0.05, 0) is 43.4 Å². The van der Waals surface area contributed by atoms with Crippen LogP contribution in [0.1, 0.15) is 29.6 Å². The summed E-state index contributed by atoms with van der Waals surface area (Å²) in [5, 5.41) is 5.91. The van der Waals surface area contributed by atoms with E-state index in [4.69, 9.17) is 0 Å². The molecule has 0 radical (unpaired) electrons. The average molecular weight is 385 g/mol. The van der Waals surface area contributed by atoms with Crippen LogP contribution in [0.25, 0.3) is 0 Å². The third-order valence-electron chi connectivity index (χ3n) is 4.82. The number of ether oxygens (including phenoxy) is 1. The Labute approximate surface area is 155 Å². The standard InChI is InChI=1S/C18H22F3N3O3/c19-18(20,21)27-14-5-3-4-13(9-14)16(25)23-11-12-8-15(22-10-12)17(26)24-6-1-2-7-24/h3-5,9,12,15,22H,1-2,6-8,10-11H2,(H,23,25)/t12-,15-/m0/s1. The first-order valence-corrected chi connectivity index (χ1v) is 8.98. The highest BCUT2D eigenvalue weighted by Crippen LogP contribution is 2.23. The molecular formula is C18H22F3N3O3. The van der Waals surface area contributed by atoms with Gasteiger partial charge in [-0.25, -0.2) is 0 Å². The summed E-state index contributed by atoms with van der Waals surface area (Å²) < 4.78 is 40.7. The van der Waals surface area contributed by atoms with Gasteiger partial charge < -0.3 is 20.3 Å². The third-order valence-corrected chi connectivity index (χ3v) is 4.82. The number of hydrogen-bond donors (Lipinski definition) is 2. The molecule has 9 heteroatoms. The van der Waals surface area contributed by atoms with Gasteiger partial charge in [-0.2, -0.15) is 0 Å². The van der Waals surface area contributed by atoms with Gasteiger partial charge in [0.05, 0.1) is 6.04 Å². The van der Waals surface area contributed by atoms with Gasteiger partial charge in [-0.3, -0.25) is 9.59 Å². The first kappa shape index (κ1) is 19.5. The molecule has 2 amide bonds. The Morgan fingerprint density at radius 1 is 1.26 bits per heavy atom. The molecule has 0 unspecified atom stereocenters. The number of amides is 2. The molecule has 2 N–H and O–H groups in total. The van der Waals surface area contributed by atoms with Crippen molar-refractivity contribution < 1.29 is 27.5 Å². The second-order valence-electron chi connectivity index (χ2n) is 6.88. The van der Waals surface area contributed by atoms with Crippen molar-refractivity contribution >= 4 is 11.8 Å². The molecule has 148 valence electrons. The van der Waals surface area contributed by atoms with Crippen LogP contribution in [0.3, 0.4) is 0 Å². The van der Waals surface area contributed by atoms with Crippen LogP contribution in [0.2, 0.25) is 0 Å². The van der Waals surface area contributed by atoms with Gasteiger partial charge in [0, 0.05) is 31.7 Å². The number of nitrogens with one attached hydrogen (secondary N) is 2. The van der Waals surface area contributed by atoms with Gasteiger partial charge in [0.15, 0.2) is 0 Å². The number of likely N-dealkylation sites (tertiary alicyclic amines) is 1. The van der Waals surface area contributed by atoms with E-state index in [1.165, 1.54) is 12.1 Å². The van der Waals surface area contributed by atoms with Gasteiger partial charge in [-0.1, -0.05) is 6.07 Å². The molecule has 2 atom stereocenters. The lowest BCUT2D eigenvalue weighted by Crippen LogP contribution is -2.42. The normalized spacial score (nSPS) is 22.7. The van der Waals surface area contributed by atoms with E-state index in [-0.39, 0.29) is 23.4 Å². The molecule has 1 aromatic carbocycles. The van der Waals surface area contributed by atoms with Crippen LogP contribution >= 0.6 is 0 Å². The Balaban J connectivity index is 1.48. The Morgan fingerprint density at radius 3 is 2.70 bits per heavy atom. The number of hydrogen-bond acceptors (Lipinski definition) is 4. The minimum Gasteiger partial charge on any atom is -0.406 e. The van der Waals surface area contributed by atoms with Gasteiger partial charge in [-0.15, -0.1) is 13.2 Å². The van der Waals surface area contributed by atoms with Gasteiger partial charge >= 0.3 is 6.36 Å². The summed E-state index contributed by atoms with van der Waals surface area (Å²) in [6, 6.07) is 4.71. The molecule has 1 aromatic rings. The molecule has 6 nitrogen and oxygen atoms in total. The molecule has 27 heavy (non-hydrogen) atoms. The molecule has 2 aliphatic rings. The monoisotopic (exact) mass is 385 g/mol. The Hall–Kier alpha value is -2.29. The van der Waals surface area contributed by atoms with E-state index in [9.17, 15) is 22.8 Å². The Morgan fingerprint density at radius 2 is 2.00 bits per heavy atom. The average Bonchev–Trinajstić information content (AvgIpc) is 3.29. The van der Waals surface area contributed by atoms with E-state index in [0.717, 1.165) is 38.1 Å². The first-order chi connectivity index (χ1) is 12.8. The van der Waals surface area contributed by atoms with Crippen LogP contribution < -0.4 is 15.4 Å². The van der Waals surface area contributed by atoms with Crippen LogP contribution in [-0.2, 0) is 4.79 Å². The van der Waals surface area contributed by atoms with Gasteiger partial charge in [0.2, 0.25) is 5.91 Å². The van der Waals surface area contributed by atoms with Crippen LogP contribution in [0.4, 0.5) is 13.2 Å². The lowest BCUT2D eigenvalue weighted by Gasteiger charge is -2.20. The molecule has 3 rings (SSSR count). The lowest BCUT2D eigenvalue weighted by atomic mass is 10.0. The van der Waals surface area contributed by atoms with E-state index in [2.05, 4.69) is 15.4 Å². The fourth-order valence-electron chi connectivity index (χ4n) is 3.48. The van der Waals surface area contributed by atoms with Crippen molar-refractivity contribution in [2.24, 2.45) is 5.92 Å². The van der Waals surface area contributed by atoms with Crippen molar-refractivity contribution in [1.29, 1.82) is 0 Å². The SMILES string of the molecule is O=C(NC[C@@H]1CN[C@H](C(=O)N2CCCC2)C1)c1cccc(OC(F)(F)F)c1. The number of benzene rings is 1. The number of alkyl halides is 3. The topological polar surface area (TPSA) is 70.7 Å². The minimum absolute atomic E-state index is 0.0902. The molecule has 2 aliphatic heterocycles. The highest BCUT2D eigenvalue weighted by atomic mass is 19.4. The van der Waals surface area contributed by atoms with E-state index in [1.54, 1.807) is 0 Å². The van der Waals surface area contributed by atoms with Crippen LogP contribution in [-0.4, -0.2) is 55.3 Å². The summed E-state index contributed by atoms with van der Waals surface area (Å²) in [6.45, 7) is 2.56. The van der Waals surface area contributed by atoms with Crippen molar-refractivity contribution in [3.8, 4) is 5.75 Å². The highest BCUT2D eigenvalue weighted by Gasteiger charge is 2.33. The fourth-order valence-corrected chi connectivity index (χ4v) is 3.48. The van der Waals surface area contributed by atoms with Crippen molar-refractivity contribution in [1.82, 2.24) is 15.5 Å². The molecule has 0 bridgehead atoms. The number of rotatable bonds is 5. The third kappa shape index (κ3) is 5.35. The summed E-state index contributed by atoms with van der Waals surface area (Å²) in [4.78, 5) is 26.4. The maximum Gasteiger partial charge on any atom is 0.573 e. The maximum absolute atomic E-state index is 12.4. The molecule has 0 spiro atoms. The summed E-state index contributed by atoms with van der Waals surface area (Å²) in [5.41, 5.74) is 0.0902. The van der Waals surface area contributed by atoms with E-state index in [1.807, 2.05) is 4.90 Å². The van der Waals surface area contributed by atoms with E-state index >= 15 is 0 Å². The zero-order valence-electron chi connectivity index (χ0n) is 14.7. The number of carbonyl (C=O) groups is 2. The second-order valence-corrected chi connectivity index (χ2v) is 6.88. The first-order valence-electron chi connectivity index (χ1n) is 8.98. The molecular weight excluding hydrogens is 363 g/mol. The molecule has 2 heterocycles. The second kappa shape index (κ2) is 8.16. The molecule has 2 saturated heterocycles. The zero-order valence-corrected chi connectivity index (χ0v) is 14.7.